The summed E-state index contributed by atoms with van der Waals surface area (Å²) in [6, 6.07) is 1.53. The number of nitrogens with zero attached hydrogens (tertiary/aromatic N) is 1. The average Bonchev–Trinajstić information content (AvgIpc) is 2.38. The first kappa shape index (κ1) is 16.8. The lowest BCUT2D eigenvalue weighted by molar-refractivity contribution is -0.384. The Bertz CT molecular complexity index is 561. The van der Waals surface area contributed by atoms with E-state index in [9.17, 15) is 19.3 Å². The van der Waals surface area contributed by atoms with Gasteiger partial charge in [-0.05, 0) is 17.9 Å². The number of nitro benzene ring substituents is 1. The molecule has 8 heteroatoms. The predicted molar refractivity (Wildman–Crippen MR) is 75.3 cm³/mol. The zero-order valence-corrected chi connectivity index (χ0v) is 11.9. The second-order valence-electron chi connectivity index (χ2n) is 5.46. The fraction of sp³-hybridized carbons (Fsp3) is 0.462. The number of aliphatic hydroxyl groups is 1. The van der Waals surface area contributed by atoms with E-state index in [0.29, 0.717) is 12.5 Å². The van der Waals surface area contributed by atoms with Crippen LogP contribution in [-0.2, 0) is 0 Å². The number of benzene rings is 1. The van der Waals surface area contributed by atoms with Crippen molar-refractivity contribution in [1.82, 2.24) is 5.32 Å². The van der Waals surface area contributed by atoms with E-state index in [4.69, 9.17) is 10.8 Å². The molecule has 0 aliphatic rings. The van der Waals surface area contributed by atoms with E-state index in [2.05, 4.69) is 5.32 Å². The molecule has 1 amide bonds. The van der Waals surface area contributed by atoms with Crippen molar-refractivity contribution in [3.8, 4) is 0 Å². The first-order chi connectivity index (χ1) is 9.68. The Kier molecular flexibility index (Phi) is 5.20. The van der Waals surface area contributed by atoms with Gasteiger partial charge in [-0.3, -0.25) is 14.9 Å². The molecule has 1 aromatic carbocycles. The van der Waals surface area contributed by atoms with Crippen molar-refractivity contribution in [3.63, 3.8) is 0 Å². The maximum absolute atomic E-state index is 13.4. The molecule has 1 aromatic rings. The lowest BCUT2D eigenvalue weighted by Gasteiger charge is -2.23. The molecule has 0 unspecified atom stereocenters. The number of amides is 1. The van der Waals surface area contributed by atoms with Crippen LogP contribution in [0.15, 0.2) is 12.1 Å². The van der Waals surface area contributed by atoms with E-state index < -0.39 is 22.3 Å². The first-order valence-corrected chi connectivity index (χ1v) is 6.30. The van der Waals surface area contributed by atoms with Gasteiger partial charge in [-0.25, -0.2) is 4.39 Å². The van der Waals surface area contributed by atoms with Crippen molar-refractivity contribution in [2.45, 2.75) is 20.3 Å². The second-order valence-corrected chi connectivity index (χ2v) is 5.46. The number of carbonyl (C=O) groups is 1. The third-order valence-corrected chi connectivity index (χ3v) is 3.08. The van der Waals surface area contributed by atoms with Crippen LogP contribution in [0.25, 0.3) is 0 Å². The smallest absolute Gasteiger partial charge is 0.295 e. The summed E-state index contributed by atoms with van der Waals surface area (Å²) in [6.45, 7) is 3.86. The number of nitrogens with two attached hydrogens (primary N) is 1. The fourth-order valence-electron chi connectivity index (χ4n) is 1.75. The SMILES string of the molecule is CC(C)(CCO)CNC(=O)c1cc(F)cc([N+](=O)[O-])c1N. The lowest BCUT2D eigenvalue weighted by atomic mass is 9.89. The number of nitrogen functional groups attached to an aromatic ring is 1. The van der Waals surface area contributed by atoms with Gasteiger partial charge in [0.25, 0.3) is 11.6 Å². The van der Waals surface area contributed by atoms with Gasteiger partial charge in [0.05, 0.1) is 16.6 Å². The molecule has 116 valence electrons. The summed E-state index contributed by atoms with van der Waals surface area (Å²) in [6.07, 6.45) is 0.464. The summed E-state index contributed by atoms with van der Waals surface area (Å²) in [5, 5.41) is 22.2. The highest BCUT2D eigenvalue weighted by Crippen LogP contribution is 2.27. The minimum absolute atomic E-state index is 0.0313. The van der Waals surface area contributed by atoms with Crippen LogP contribution in [0.1, 0.15) is 30.6 Å². The van der Waals surface area contributed by atoms with Gasteiger partial charge in [0, 0.05) is 13.2 Å². The predicted octanol–water partition coefficient (Wildman–Crippen LogP) is 1.45. The van der Waals surface area contributed by atoms with E-state index >= 15 is 0 Å². The number of nitrogens with one attached hydrogen (secondary N) is 1. The monoisotopic (exact) mass is 299 g/mol. The summed E-state index contributed by atoms with van der Waals surface area (Å²) in [5.41, 5.74) is 3.88. The molecule has 1 rings (SSSR count). The summed E-state index contributed by atoms with van der Waals surface area (Å²) < 4.78 is 13.4. The molecule has 0 fully saturated rings. The molecule has 0 radical (unpaired) electrons. The second kappa shape index (κ2) is 6.49. The Balaban J connectivity index is 2.96. The first-order valence-electron chi connectivity index (χ1n) is 6.30. The van der Waals surface area contributed by atoms with E-state index in [1.807, 2.05) is 13.8 Å². The molecule has 0 aliphatic carbocycles. The lowest BCUT2D eigenvalue weighted by Crippen LogP contribution is -2.35. The Morgan fingerprint density at radius 3 is 2.67 bits per heavy atom. The van der Waals surface area contributed by atoms with Gasteiger partial charge in [-0.15, -0.1) is 0 Å². The van der Waals surface area contributed by atoms with Crippen molar-refractivity contribution in [2.24, 2.45) is 5.41 Å². The number of rotatable bonds is 6. The molecule has 0 spiro atoms. The molecule has 0 saturated heterocycles. The molecule has 4 N–H and O–H groups in total. The highest BCUT2D eigenvalue weighted by Gasteiger charge is 2.23. The van der Waals surface area contributed by atoms with Gasteiger partial charge >= 0.3 is 0 Å². The number of hydrogen-bond donors (Lipinski definition) is 3. The minimum Gasteiger partial charge on any atom is -0.396 e. The standard InChI is InChI=1S/C13H18FN3O4/c1-13(2,3-4-18)7-16-12(19)9-5-8(14)6-10(11(9)15)17(20)21/h5-6,18H,3-4,7,15H2,1-2H3,(H,16,19). The topological polar surface area (TPSA) is 118 Å². The van der Waals surface area contributed by atoms with Crippen molar-refractivity contribution < 1.29 is 19.2 Å². The molecule has 0 bridgehead atoms. The third-order valence-electron chi connectivity index (χ3n) is 3.08. The summed E-state index contributed by atoms with van der Waals surface area (Å²) in [5.74, 6) is -1.60. The van der Waals surface area contributed by atoms with Gasteiger partial charge in [-0.2, -0.15) is 0 Å². The largest absolute Gasteiger partial charge is 0.396 e. The highest BCUT2D eigenvalue weighted by atomic mass is 19.1. The van der Waals surface area contributed by atoms with Crippen LogP contribution in [-0.4, -0.2) is 29.1 Å². The number of hydrogen-bond acceptors (Lipinski definition) is 5. The Hall–Kier alpha value is -2.22. The van der Waals surface area contributed by atoms with Gasteiger partial charge in [0.1, 0.15) is 11.5 Å². The van der Waals surface area contributed by atoms with Crippen molar-refractivity contribution in [2.75, 3.05) is 18.9 Å². The van der Waals surface area contributed by atoms with Crippen LogP contribution >= 0.6 is 0 Å². The van der Waals surface area contributed by atoms with E-state index in [0.717, 1.165) is 6.07 Å². The average molecular weight is 299 g/mol. The van der Waals surface area contributed by atoms with E-state index in [1.54, 1.807) is 0 Å². The maximum atomic E-state index is 13.4. The molecule has 0 aromatic heterocycles. The third kappa shape index (κ3) is 4.38. The molecule has 0 aliphatic heterocycles. The number of aliphatic hydroxyl groups excluding tert-OH is 1. The van der Waals surface area contributed by atoms with Gasteiger partial charge in [0.2, 0.25) is 0 Å². The van der Waals surface area contributed by atoms with Crippen LogP contribution in [0.5, 0.6) is 0 Å². The summed E-state index contributed by atoms with van der Waals surface area (Å²) in [4.78, 5) is 21.9. The van der Waals surface area contributed by atoms with Gasteiger partial charge in [-0.1, -0.05) is 13.8 Å². The quantitative estimate of drug-likeness (QED) is 0.417. The van der Waals surface area contributed by atoms with E-state index in [1.165, 1.54) is 0 Å². The Labute approximate surface area is 121 Å². The molecular formula is C13H18FN3O4. The Morgan fingerprint density at radius 1 is 1.52 bits per heavy atom. The zero-order chi connectivity index (χ0) is 16.2. The van der Waals surface area contributed by atoms with Crippen LogP contribution in [0.4, 0.5) is 15.8 Å². The Morgan fingerprint density at radius 2 is 2.14 bits per heavy atom. The van der Waals surface area contributed by atoms with Crippen molar-refractivity contribution >= 4 is 17.3 Å². The van der Waals surface area contributed by atoms with Gasteiger partial charge in [0.15, 0.2) is 0 Å². The molecule has 0 heterocycles. The maximum Gasteiger partial charge on any atom is 0.295 e. The van der Waals surface area contributed by atoms with Crippen LogP contribution in [0.3, 0.4) is 0 Å². The normalized spacial score (nSPS) is 11.2. The number of anilines is 1. The number of halogens is 1. The fourth-order valence-corrected chi connectivity index (χ4v) is 1.75. The van der Waals surface area contributed by atoms with Crippen molar-refractivity contribution in [1.29, 1.82) is 0 Å². The highest BCUT2D eigenvalue weighted by molar-refractivity contribution is 6.01. The molecule has 21 heavy (non-hydrogen) atoms. The molecule has 0 atom stereocenters. The molecule has 7 nitrogen and oxygen atoms in total. The number of carbonyl (C=O) groups excluding carboxylic acids is 1. The van der Waals surface area contributed by atoms with Crippen LogP contribution < -0.4 is 11.1 Å². The molecular weight excluding hydrogens is 281 g/mol. The zero-order valence-electron chi connectivity index (χ0n) is 11.9. The summed E-state index contributed by atoms with van der Waals surface area (Å²) >= 11 is 0. The minimum atomic E-state index is -0.907. The van der Waals surface area contributed by atoms with Crippen molar-refractivity contribution in [3.05, 3.63) is 33.6 Å². The number of nitro groups is 1. The summed E-state index contributed by atoms with van der Waals surface area (Å²) in [7, 11) is 0. The van der Waals surface area contributed by atoms with Gasteiger partial charge < -0.3 is 16.2 Å². The van der Waals surface area contributed by atoms with E-state index in [-0.39, 0.29) is 29.8 Å². The van der Waals surface area contributed by atoms with Crippen LogP contribution in [0.2, 0.25) is 0 Å². The molecule has 0 saturated carbocycles. The van der Waals surface area contributed by atoms with Crippen LogP contribution in [0, 0.1) is 21.3 Å².